The molecule has 3 aromatic rings. The van der Waals surface area contributed by atoms with Gasteiger partial charge in [0.2, 0.25) is 0 Å². The van der Waals surface area contributed by atoms with Crippen LogP contribution >= 0.6 is 11.3 Å². The first kappa shape index (κ1) is 12.5. The average molecular weight is 298 g/mol. The summed E-state index contributed by atoms with van der Waals surface area (Å²) in [5, 5.41) is 6.26. The zero-order chi connectivity index (χ0) is 14.2. The molecule has 106 valence electrons. The topological polar surface area (TPSA) is 59.8 Å². The molecule has 3 aromatic heterocycles. The molecule has 1 amide bonds. The van der Waals surface area contributed by atoms with Crippen molar-refractivity contribution >= 4 is 33.3 Å². The number of amides is 1. The standard InChI is InChI=1S/C15H14N4OS/c20-14(18-15-17-5-6-21-15)12-9-19(8-10-1-2-10)13-7-16-4-3-11(12)13/h3-7,9-10H,1-2,8H2,(H,17,18,20). The van der Waals surface area contributed by atoms with Crippen LogP contribution in [0.25, 0.3) is 10.9 Å². The molecule has 5 nitrogen and oxygen atoms in total. The number of nitrogens with one attached hydrogen (secondary N) is 1. The van der Waals surface area contributed by atoms with Crippen LogP contribution in [0.15, 0.2) is 36.2 Å². The normalized spacial score (nSPS) is 14.5. The molecule has 0 spiro atoms. The summed E-state index contributed by atoms with van der Waals surface area (Å²) in [4.78, 5) is 20.7. The van der Waals surface area contributed by atoms with Gasteiger partial charge >= 0.3 is 0 Å². The van der Waals surface area contributed by atoms with Crippen molar-refractivity contribution in [1.29, 1.82) is 0 Å². The van der Waals surface area contributed by atoms with E-state index in [-0.39, 0.29) is 5.91 Å². The zero-order valence-electron chi connectivity index (χ0n) is 11.3. The summed E-state index contributed by atoms with van der Waals surface area (Å²) in [6.07, 6.45) is 9.73. The van der Waals surface area contributed by atoms with Crippen molar-refractivity contribution in [2.24, 2.45) is 5.92 Å². The van der Waals surface area contributed by atoms with Crippen LogP contribution in [0.5, 0.6) is 0 Å². The quantitative estimate of drug-likeness (QED) is 0.805. The van der Waals surface area contributed by atoms with E-state index in [4.69, 9.17) is 0 Å². The molecule has 0 aliphatic heterocycles. The van der Waals surface area contributed by atoms with E-state index < -0.39 is 0 Å². The lowest BCUT2D eigenvalue weighted by Gasteiger charge is -2.01. The molecule has 0 bridgehead atoms. The fraction of sp³-hybridized carbons (Fsp3) is 0.267. The number of fused-ring (bicyclic) bond motifs is 1. The van der Waals surface area contributed by atoms with E-state index in [1.165, 1.54) is 24.2 Å². The molecular formula is C15H14N4OS. The van der Waals surface area contributed by atoms with E-state index in [9.17, 15) is 4.79 Å². The predicted molar refractivity (Wildman–Crippen MR) is 82.5 cm³/mol. The van der Waals surface area contributed by atoms with E-state index >= 15 is 0 Å². The Kier molecular flexibility index (Phi) is 2.96. The number of nitrogens with zero attached hydrogens (tertiary/aromatic N) is 3. The Labute approximate surface area is 125 Å². The van der Waals surface area contributed by atoms with Crippen molar-refractivity contribution in [2.45, 2.75) is 19.4 Å². The van der Waals surface area contributed by atoms with Crippen molar-refractivity contribution in [3.05, 3.63) is 41.8 Å². The van der Waals surface area contributed by atoms with Crippen LogP contribution in [-0.2, 0) is 6.54 Å². The Bertz CT molecular complexity index is 789. The monoisotopic (exact) mass is 298 g/mol. The maximum absolute atomic E-state index is 12.5. The van der Waals surface area contributed by atoms with Crippen molar-refractivity contribution in [1.82, 2.24) is 14.5 Å². The molecule has 0 saturated heterocycles. The molecule has 0 aromatic carbocycles. The molecule has 1 fully saturated rings. The molecule has 1 aliphatic rings. The first-order valence-corrected chi connectivity index (χ1v) is 7.83. The summed E-state index contributed by atoms with van der Waals surface area (Å²) in [6, 6.07) is 1.90. The van der Waals surface area contributed by atoms with Crippen LogP contribution in [0, 0.1) is 5.92 Å². The fourth-order valence-corrected chi connectivity index (χ4v) is 3.02. The summed E-state index contributed by atoms with van der Waals surface area (Å²) in [5.74, 6) is 0.631. The lowest BCUT2D eigenvalue weighted by Crippen LogP contribution is -2.11. The van der Waals surface area contributed by atoms with Gasteiger partial charge in [-0.2, -0.15) is 0 Å². The lowest BCUT2D eigenvalue weighted by molar-refractivity contribution is 0.102. The Morgan fingerprint density at radius 3 is 3.10 bits per heavy atom. The smallest absolute Gasteiger partial charge is 0.259 e. The highest BCUT2D eigenvalue weighted by atomic mass is 32.1. The number of carbonyl (C=O) groups excluding carboxylic acids is 1. The molecule has 1 saturated carbocycles. The third-order valence-electron chi connectivity index (χ3n) is 3.73. The van der Waals surface area contributed by atoms with Crippen molar-refractivity contribution in [3.8, 4) is 0 Å². The van der Waals surface area contributed by atoms with Gasteiger partial charge in [-0.05, 0) is 24.8 Å². The molecule has 1 N–H and O–H groups in total. The van der Waals surface area contributed by atoms with Gasteiger partial charge < -0.3 is 4.57 Å². The summed E-state index contributed by atoms with van der Waals surface area (Å²) in [7, 11) is 0. The van der Waals surface area contributed by atoms with Gasteiger partial charge in [-0.15, -0.1) is 11.3 Å². The number of thiazole rings is 1. The first-order valence-electron chi connectivity index (χ1n) is 6.95. The largest absolute Gasteiger partial charge is 0.345 e. The number of anilines is 1. The highest BCUT2D eigenvalue weighted by Gasteiger charge is 2.24. The second-order valence-electron chi connectivity index (χ2n) is 5.32. The van der Waals surface area contributed by atoms with Crippen molar-refractivity contribution < 1.29 is 4.79 Å². The summed E-state index contributed by atoms with van der Waals surface area (Å²) in [5.41, 5.74) is 1.71. The van der Waals surface area contributed by atoms with Gasteiger partial charge in [0, 0.05) is 35.9 Å². The van der Waals surface area contributed by atoms with Crippen LogP contribution in [0.3, 0.4) is 0 Å². The Hall–Kier alpha value is -2.21. The van der Waals surface area contributed by atoms with Crippen LogP contribution < -0.4 is 5.32 Å². The van der Waals surface area contributed by atoms with Crippen LogP contribution in [0.1, 0.15) is 23.2 Å². The molecule has 0 radical (unpaired) electrons. The SMILES string of the molecule is O=C(Nc1nccs1)c1cn(CC2CC2)c2cnccc12. The van der Waals surface area contributed by atoms with Crippen molar-refractivity contribution in [3.63, 3.8) is 0 Å². The molecule has 1 aliphatic carbocycles. The molecule has 21 heavy (non-hydrogen) atoms. The van der Waals surface area contributed by atoms with Gasteiger partial charge in [0.25, 0.3) is 5.91 Å². The van der Waals surface area contributed by atoms with Gasteiger partial charge in [-0.25, -0.2) is 4.98 Å². The number of rotatable bonds is 4. The van der Waals surface area contributed by atoms with Crippen molar-refractivity contribution in [2.75, 3.05) is 5.32 Å². The van der Waals surface area contributed by atoms with Gasteiger partial charge in [-0.3, -0.25) is 15.1 Å². The number of hydrogen-bond acceptors (Lipinski definition) is 4. The molecule has 4 rings (SSSR count). The lowest BCUT2D eigenvalue weighted by atomic mass is 10.2. The average Bonchev–Trinajstić information content (AvgIpc) is 3.02. The molecular weight excluding hydrogens is 284 g/mol. The summed E-state index contributed by atoms with van der Waals surface area (Å²) < 4.78 is 2.15. The van der Waals surface area contributed by atoms with E-state index in [1.54, 1.807) is 12.4 Å². The number of carbonyl (C=O) groups is 1. The van der Waals surface area contributed by atoms with Gasteiger partial charge in [-0.1, -0.05) is 0 Å². The van der Waals surface area contributed by atoms with Gasteiger partial charge in [0.05, 0.1) is 17.3 Å². The van der Waals surface area contributed by atoms with Crippen LogP contribution in [0.4, 0.5) is 5.13 Å². The zero-order valence-corrected chi connectivity index (χ0v) is 12.1. The Morgan fingerprint density at radius 1 is 1.43 bits per heavy atom. The maximum Gasteiger partial charge on any atom is 0.259 e. The van der Waals surface area contributed by atoms with Crippen LogP contribution in [-0.4, -0.2) is 20.4 Å². The Morgan fingerprint density at radius 2 is 2.33 bits per heavy atom. The summed E-state index contributed by atoms with van der Waals surface area (Å²) in [6.45, 7) is 0.965. The molecule has 6 heteroatoms. The second-order valence-corrected chi connectivity index (χ2v) is 6.22. The number of hydrogen-bond donors (Lipinski definition) is 1. The van der Waals surface area contributed by atoms with E-state index in [0.29, 0.717) is 10.7 Å². The van der Waals surface area contributed by atoms with Gasteiger partial charge in [0.1, 0.15) is 0 Å². The fourth-order valence-electron chi connectivity index (χ4n) is 2.50. The minimum Gasteiger partial charge on any atom is -0.345 e. The minimum absolute atomic E-state index is 0.115. The molecule has 0 unspecified atom stereocenters. The highest BCUT2D eigenvalue weighted by Crippen LogP contribution is 2.33. The Balaban J connectivity index is 1.71. The van der Waals surface area contributed by atoms with E-state index in [1.807, 2.05) is 23.8 Å². The van der Waals surface area contributed by atoms with E-state index in [0.717, 1.165) is 23.4 Å². The van der Waals surface area contributed by atoms with E-state index in [2.05, 4.69) is 19.9 Å². The second kappa shape index (κ2) is 4.96. The van der Waals surface area contributed by atoms with Crippen LogP contribution in [0.2, 0.25) is 0 Å². The molecule has 0 atom stereocenters. The summed E-state index contributed by atoms with van der Waals surface area (Å²) >= 11 is 1.42. The molecule has 3 heterocycles. The number of pyridine rings is 1. The number of aromatic nitrogens is 3. The third-order valence-corrected chi connectivity index (χ3v) is 4.42. The minimum atomic E-state index is -0.115. The predicted octanol–water partition coefficient (Wildman–Crippen LogP) is 3.16. The maximum atomic E-state index is 12.5. The highest BCUT2D eigenvalue weighted by molar-refractivity contribution is 7.13. The van der Waals surface area contributed by atoms with Gasteiger partial charge in [0.15, 0.2) is 5.13 Å². The first-order chi connectivity index (χ1) is 10.3. The third kappa shape index (κ3) is 2.42.